The quantitative estimate of drug-likeness (QED) is 0.858. The van der Waals surface area contributed by atoms with Crippen LogP contribution in [0.1, 0.15) is 11.1 Å². The molecule has 24 heavy (non-hydrogen) atoms. The van der Waals surface area contributed by atoms with Crippen molar-refractivity contribution in [2.45, 2.75) is 18.3 Å². The lowest BCUT2D eigenvalue weighted by Gasteiger charge is -2.27. The highest BCUT2D eigenvalue weighted by molar-refractivity contribution is 9.10. The Hall–Kier alpha value is -1.96. The minimum absolute atomic E-state index is 0.360. The van der Waals surface area contributed by atoms with Gasteiger partial charge < -0.3 is 15.2 Å². The van der Waals surface area contributed by atoms with Gasteiger partial charge in [-0.05, 0) is 23.8 Å². The molecule has 8 heteroatoms. The number of halogens is 4. The number of aliphatic imine (C=N–C) groups is 1. The average Bonchev–Trinajstić information content (AvgIpc) is 3.04. The van der Waals surface area contributed by atoms with E-state index >= 15 is 0 Å². The number of likely N-dealkylation sites (N-methyl/N-ethyl adjacent to an activating group) is 1. The van der Waals surface area contributed by atoms with Crippen molar-refractivity contribution in [3.8, 4) is 0 Å². The molecule has 128 valence electrons. The van der Waals surface area contributed by atoms with Crippen molar-refractivity contribution < 1.29 is 13.2 Å². The fourth-order valence-electron chi connectivity index (χ4n) is 2.96. The summed E-state index contributed by atoms with van der Waals surface area (Å²) in [5, 5.41) is 0. The Labute approximate surface area is 145 Å². The summed E-state index contributed by atoms with van der Waals surface area (Å²) in [6.45, 7) is -0.568. The molecule has 0 spiro atoms. The van der Waals surface area contributed by atoms with Gasteiger partial charge in [0, 0.05) is 29.5 Å². The SMILES string of the molecule is CN1CC(c2cccc(Br)c2)(c2ccn(CC(F)(F)F)c2)N=C1N. The van der Waals surface area contributed by atoms with Gasteiger partial charge in [-0.3, -0.25) is 0 Å². The van der Waals surface area contributed by atoms with Crippen LogP contribution in [-0.2, 0) is 12.1 Å². The third-order valence-electron chi connectivity index (χ3n) is 4.05. The lowest BCUT2D eigenvalue weighted by molar-refractivity contribution is -0.140. The van der Waals surface area contributed by atoms with E-state index in [-0.39, 0.29) is 0 Å². The molecule has 1 aliphatic rings. The summed E-state index contributed by atoms with van der Waals surface area (Å²) >= 11 is 3.43. The monoisotopic (exact) mass is 400 g/mol. The minimum atomic E-state index is -4.27. The zero-order valence-corrected chi connectivity index (χ0v) is 14.5. The number of nitrogens with zero attached hydrogens (tertiary/aromatic N) is 3. The van der Waals surface area contributed by atoms with Gasteiger partial charge in [0.05, 0.1) is 6.54 Å². The molecule has 4 nitrogen and oxygen atoms in total. The predicted molar refractivity (Wildman–Crippen MR) is 89.7 cm³/mol. The Bertz CT molecular complexity index is 784. The summed E-state index contributed by atoms with van der Waals surface area (Å²) < 4.78 is 39.9. The number of hydrogen-bond acceptors (Lipinski definition) is 3. The van der Waals surface area contributed by atoms with Gasteiger partial charge in [-0.1, -0.05) is 28.1 Å². The Balaban J connectivity index is 2.07. The standard InChI is InChI=1S/C16H16BrF3N4/c1-23-9-15(22-14(23)21,11-3-2-4-13(17)7-11)12-5-6-24(8-12)10-16(18,19)20/h2-8H,9-10H2,1H3,(H2,21,22). The Morgan fingerprint density at radius 1 is 1.29 bits per heavy atom. The zero-order chi connectivity index (χ0) is 17.5. The molecular weight excluding hydrogens is 385 g/mol. The second-order valence-electron chi connectivity index (χ2n) is 5.88. The molecule has 2 heterocycles. The molecule has 1 aliphatic heterocycles. The van der Waals surface area contributed by atoms with Crippen LogP contribution in [0.5, 0.6) is 0 Å². The number of benzene rings is 1. The molecule has 2 aromatic rings. The highest BCUT2D eigenvalue weighted by Gasteiger charge is 2.41. The van der Waals surface area contributed by atoms with Gasteiger partial charge in [0.25, 0.3) is 0 Å². The molecule has 0 fully saturated rings. The first-order chi connectivity index (χ1) is 11.2. The van der Waals surface area contributed by atoms with Gasteiger partial charge in [0.1, 0.15) is 12.1 Å². The van der Waals surface area contributed by atoms with Crippen molar-refractivity contribution in [1.82, 2.24) is 9.47 Å². The second-order valence-corrected chi connectivity index (χ2v) is 6.80. The van der Waals surface area contributed by atoms with Gasteiger partial charge >= 0.3 is 6.18 Å². The maximum absolute atomic E-state index is 12.6. The molecule has 0 aliphatic carbocycles. The van der Waals surface area contributed by atoms with E-state index in [0.29, 0.717) is 18.1 Å². The topological polar surface area (TPSA) is 46.5 Å². The smallest absolute Gasteiger partial charge is 0.370 e. The van der Waals surface area contributed by atoms with Crippen molar-refractivity contribution in [3.05, 3.63) is 58.3 Å². The van der Waals surface area contributed by atoms with Crippen LogP contribution in [0, 0.1) is 0 Å². The van der Waals surface area contributed by atoms with Crippen LogP contribution in [0.4, 0.5) is 13.2 Å². The van der Waals surface area contributed by atoms with Crippen LogP contribution >= 0.6 is 15.9 Å². The molecule has 1 aromatic carbocycles. The lowest BCUT2D eigenvalue weighted by Crippen LogP contribution is -2.34. The van der Waals surface area contributed by atoms with E-state index in [0.717, 1.165) is 14.6 Å². The molecule has 2 N–H and O–H groups in total. The Kier molecular flexibility index (Phi) is 4.11. The summed E-state index contributed by atoms with van der Waals surface area (Å²) in [6, 6.07) is 9.25. The van der Waals surface area contributed by atoms with Crippen LogP contribution in [0.2, 0.25) is 0 Å². The van der Waals surface area contributed by atoms with E-state index in [1.54, 1.807) is 11.0 Å². The number of guanidine groups is 1. The third kappa shape index (κ3) is 3.15. The second kappa shape index (κ2) is 5.84. The summed E-state index contributed by atoms with van der Waals surface area (Å²) in [5.74, 6) is 0.360. The minimum Gasteiger partial charge on any atom is -0.370 e. The van der Waals surface area contributed by atoms with Crippen LogP contribution in [0.15, 0.2) is 52.2 Å². The molecular formula is C16H16BrF3N4. The van der Waals surface area contributed by atoms with Gasteiger partial charge in [-0.25, -0.2) is 4.99 Å². The normalized spacial score (nSPS) is 21.2. The summed E-state index contributed by atoms with van der Waals surface area (Å²) in [5.41, 5.74) is 6.68. The maximum Gasteiger partial charge on any atom is 0.406 e. The summed E-state index contributed by atoms with van der Waals surface area (Å²) in [7, 11) is 1.81. The van der Waals surface area contributed by atoms with Crippen LogP contribution < -0.4 is 5.73 Å². The first kappa shape index (κ1) is 16.9. The molecule has 1 unspecified atom stereocenters. The number of alkyl halides is 3. The first-order valence-electron chi connectivity index (χ1n) is 7.25. The van der Waals surface area contributed by atoms with Crippen LogP contribution in [0.25, 0.3) is 0 Å². The van der Waals surface area contributed by atoms with E-state index in [4.69, 9.17) is 5.73 Å². The molecule has 0 radical (unpaired) electrons. The van der Waals surface area contributed by atoms with E-state index in [1.165, 1.54) is 12.4 Å². The van der Waals surface area contributed by atoms with Crippen molar-refractivity contribution >= 4 is 21.9 Å². The molecule has 3 rings (SSSR count). The lowest BCUT2D eigenvalue weighted by atomic mass is 9.85. The first-order valence-corrected chi connectivity index (χ1v) is 8.04. The van der Waals surface area contributed by atoms with E-state index in [9.17, 15) is 13.2 Å². The van der Waals surface area contributed by atoms with E-state index in [1.807, 2.05) is 31.3 Å². The molecule has 0 saturated carbocycles. The highest BCUT2D eigenvalue weighted by atomic mass is 79.9. The van der Waals surface area contributed by atoms with Gasteiger partial charge in [0.2, 0.25) is 0 Å². The zero-order valence-electron chi connectivity index (χ0n) is 12.9. The number of aromatic nitrogens is 1. The van der Waals surface area contributed by atoms with Crippen molar-refractivity contribution in [2.75, 3.05) is 13.6 Å². The van der Waals surface area contributed by atoms with Gasteiger partial charge in [-0.15, -0.1) is 0 Å². The molecule has 0 saturated heterocycles. The van der Waals surface area contributed by atoms with E-state index in [2.05, 4.69) is 20.9 Å². The highest BCUT2D eigenvalue weighted by Crippen LogP contribution is 2.39. The number of nitrogens with two attached hydrogens (primary N) is 1. The fraction of sp³-hybridized carbons (Fsp3) is 0.312. The Morgan fingerprint density at radius 2 is 2.04 bits per heavy atom. The van der Waals surface area contributed by atoms with Crippen molar-refractivity contribution in [3.63, 3.8) is 0 Å². The average molecular weight is 401 g/mol. The largest absolute Gasteiger partial charge is 0.406 e. The predicted octanol–water partition coefficient (Wildman–Crippen LogP) is 3.32. The van der Waals surface area contributed by atoms with E-state index < -0.39 is 18.3 Å². The van der Waals surface area contributed by atoms with Gasteiger partial charge in [-0.2, -0.15) is 13.2 Å². The molecule has 0 bridgehead atoms. The maximum atomic E-state index is 12.6. The molecule has 1 atom stereocenters. The molecule has 1 aromatic heterocycles. The summed E-state index contributed by atoms with van der Waals surface area (Å²) in [6.07, 6.45) is -1.36. The fourth-order valence-corrected chi connectivity index (χ4v) is 3.35. The summed E-state index contributed by atoms with van der Waals surface area (Å²) in [4.78, 5) is 6.39. The Morgan fingerprint density at radius 3 is 2.62 bits per heavy atom. The molecule has 0 amide bonds. The van der Waals surface area contributed by atoms with Crippen molar-refractivity contribution in [2.24, 2.45) is 10.7 Å². The van der Waals surface area contributed by atoms with Gasteiger partial charge in [0.15, 0.2) is 5.96 Å². The number of hydrogen-bond donors (Lipinski definition) is 1. The van der Waals surface area contributed by atoms with Crippen LogP contribution in [-0.4, -0.2) is 35.2 Å². The third-order valence-corrected chi connectivity index (χ3v) is 4.55. The van der Waals surface area contributed by atoms with Crippen LogP contribution in [0.3, 0.4) is 0 Å². The number of rotatable bonds is 3. The van der Waals surface area contributed by atoms with Crippen molar-refractivity contribution in [1.29, 1.82) is 0 Å².